The summed E-state index contributed by atoms with van der Waals surface area (Å²) in [7, 11) is 0. The van der Waals surface area contributed by atoms with Gasteiger partial charge in [0.2, 0.25) is 0 Å². The standard InChI is InChI=1S/C21H24N2O3/c1-5-26-18-8-13(6-7-16(18)24)19-14(11-22)12(2)23-15-9-21(3,4)10-17(25)20(15)19/h6-8,19,23-24H,5,9-10H2,1-4H3. The van der Waals surface area contributed by atoms with E-state index in [9.17, 15) is 15.2 Å². The topological polar surface area (TPSA) is 82.3 Å². The maximum absolute atomic E-state index is 13.0. The number of nitriles is 1. The molecule has 1 unspecified atom stereocenters. The zero-order chi connectivity index (χ0) is 19.1. The van der Waals surface area contributed by atoms with E-state index in [1.54, 1.807) is 18.2 Å². The number of hydrogen-bond acceptors (Lipinski definition) is 5. The van der Waals surface area contributed by atoms with E-state index in [2.05, 4.69) is 25.2 Å². The van der Waals surface area contributed by atoms with Crippen molar-refractivity contribution < 1.29 is 14.6 Å². The van der Waals surface area contributed by atoms with Crippen LogP contribution >= 0.6 is 0 Å². The van der Waals surface area contributed by atoms with Crippen LogP contribution in [0.15, 0.2) is 40.7 Å². The molecule has 2 aliphatic rings. The molecule has 1 aromatic carbocycles. The lowest BCUT2D eigenvalue weighted by Crippen LogP contribution is -2.36. The number of dihydropyridines is 1. The second-order valence-corrected chi connectivity index (χ2v) is 7.70. The molecule has 136 valence electrons. The number of benzene rings is 1. The van der Waals surface area contributed by atoms with Gasteiger partial charge in [-0.15, -0.1) is 0 Å². The number of nitrogens with zero attached hydrogens (tertiary/aromatic N) is 1. The lowest BCUT2D eigenvalue weighted by Gasteiger charge is -2.38. The molecule has 0 saturated carbocycles. The maximum atomic E-state index is 13.0. The van der Waals surface area contributed by atoms with Crippen LogP contribution in [0.5, 0.6) is 11.5 Å². The normalized spacial score (nSPS) is 21.8. The van der Waals surface area contributed by atoms with Gasteiger partial charge in [-0.3, -0.25) is 4.79 Å². The molecule has 0 fully saturated rings. The number of carbonyl (C=O) groups is 1. The molecule has 0 radical (unpaired) electrons. The number of phenols is 1. The molecule has 1 aliphatic heterocycles. The van der Waals surface area contributed by atoms with Gasteiger partial charge in [-0.05, 0) is 43.4 Å². The number of rotatable bonds is 3. The second kappa shape index (κ2) is 6.53. The van der Waals surface area contributed by atoms with Gasteiger partial charge >= 0.3 is 0 Å². The first-order chi connectivity index (χ1) is 12.3. The number of ether oxygens (including phenoxy) is 1. The molecule has 1 aliphatic carbocycles. The molecule has 0 saturated heterocycles. The fourth-order valence-electron chi connectivity index (χ4n) is 3.90. The first kappa shape index (κ1) is 18.1. The van der Waals surface area contributed by atoms with Gasteiger partial charge in [-0.2, -0.15) is 5.26 Å². The van der Waals surface area contributed by atoms with Crippen LogP contribution in [0.1, 0.15) is 52.0 Å². The zero-order valence-corrected chi connectivity index (χ0v) is 15.6. The Bertz CT molecular complexity index is 872. The average molecular weight is 352 g/mol. The van der Waals surface area contributed by atoms with Gasteiger partial charge in [-0.25, -0.2) is 0 Å². The Morgan fingerprint density at radius 2 is 2.12 bits per heavy atom. The maximum Gasteiger partial charge on any atom is 0.162 e. The number of ketones is 1. The van der Waals surface area contributed by atoms with Crippen LogP contribution in [0.4, 0.5) is 0 Å². The van der Waals surface area contributed by atoms with Crippen LogP contribution in [0, 0.1) is 16.7 Å². The number of phenolic OH excluding ortho intramolecular Hbond substituents is 1. The Morgan fingerprint density at radius 3 is 2.77 bits per heavy atom. The van der Waals surface area contributed by atoms with E-state index >= 15 is 0 Å². The number of hydrogen-bond donors (Lipinski definition) is 2. The van der Waals surface area contributed by atoms with Crippen LogP contribution < -0.4 is 10.1 Å². The number of Topliss-reactive ketones (excluding diaryl/α,β-unsaturated/α-hetero) is 1. The lowest BCUT2D eigenvalue weighted by atomic mass is 9.69. The van der Waals surface area contributed by atoms with Crippen LogP contribution in [0.2, 0.25) is 0 Å². The van der Waals surface area contributed by atoms with Gasteiger partial charge in [0, 0.05) is 23.4 Å². The van der Waals surface area contributed by atoms with Crippen LogP contribution in [0.25, 0.3) is 0 Å². The summed E-state index contributed by atoms with van der Waals surface area (Å²) in [5.74, 6) is 0.0537. The summed E-state index contributed by atoms with van der Waals surface area (Å²) in [5.41, 5.74) is 3.55. The minimum Gasteiger partial charge on any atom is -0.504 e. The fourth-order valence-corrected chi connectivity index (χ4v) is 3.90. The van der Waals surface area contributed by atoms with Crippen molar-refractivity contribution in [2.45, 2.75) is 46.5 Å². The summed E-state index contributed by atoms with van der Waals surface area (Å²) in [6.07, 6.45) is 1.22. The van der Waals surface area contributed by atoms with E-state index in [0.717, 1.165) is 23.4 Å². The van der Waals surface area contributed by atoms with Crippen molar-refractivity contribution in [2.24, 2.45) is 5.41 Å². The molecule has 5 heteroatoms. The van der Waals surface area contributed by atoms with Crippen molar-refractivity contribution in [3.63, 3.8) is 0 Å². The molecule has 0 aromatic heterocycles. The first-order valence-corrected chi connectivity index (χ1v) is 8.87. The minimum atomic E-state index is -0.431. The highest BCUT2D eigenvalue weighted by molar-refractivity contribution is 6.00. The molecule has 0 spiro atoms. The summed E-state index contributed by atoms with van der Waals surface area (Å²) in [5, 5.41) is 23.0. The monoisotopic (exact) mass is 352 g/mol. The highest BCUT2D eigenvalue weighted by atomic mass is 16.5. The molecular formula is C21H24N2O3. The van der Waals surface area contributed by atoms with E-state index in [0.29, 0.717) is 29.9 Å². The molecule has 5 nitrogen and oxygen atoms in total. The Morgan fingerprint density at radius 1 is 1.38 bits per heavy atom. The van der Waals surface area contributed by atoms with Crippen molar-refractivity contribution in [3.8, 4) is 17.6 Å². The molecule has 26 heavy (non-hydrogen) atoms. The van der Waals surface area contributed by atoms with Crippen LogP contribution in [-0.2, 0) is 4.79 Å². The van der Waals surface area contributed by atoms with Crippen molar-refractivity contribution in [3.05, 3.63) is 46.3 Å². The van der Waals surface area contributed by atoms with Gasteiger partial charge in [0.1, 0.15) is 0 Å². The van der Waals surface area contributed by atoms with E-state index in [1.165, 1.54) is 0 Å². The van der Waals surface area contributed by atoms with Crippen LogP contribution in [-0.4, -0.2) is 17.5 Å². The molecule has 3 rings (SSSR count). The molecule has 1 atom stereocenters. The third-order valence-corrected chi connectivity index (χ3v) is 4.98. The molecular weight excluding hydrogens is 328 g/mol. The van der Waals surface area contributed by atoms with Crippen LogP contribution in [0.3, 0.4) is 0 Å². The van der Waals surface area contributed by atoms with Gasteiger partial charge in [-0.1, -0.05) is 19.9 Å². The highest BCUT2D eigenvalue weighted by Gasteiger charge is 2.41. The molecule has 1 aromatic rings. The van der Waals surface area contributed by atoms with Gasteiger partial charge < -0.3 is 15.2 Å². The molecule has 1 heterocycles. The average Bonchev–Trinajstić information content (AvgIpc) is 2.54. The highest BCUT2D eigenvalue weighted by Crippen LogP contribution is 2.47. The predicted molar refractivity (Wildman–Crippen MR) is 98.5 cm³/mol. The summed E-state index contributed by atoms with van der Waals surface area (Å²) in [6.45, 7) is 8.29. The number of allylic oxidation sites excluding steroid dienone is 4. The lowest BCUT2D eigenvalue weighted by molar-refractivity contribution is -0.118. The molecule has 2 N–H and O–H groups in total. The largest absolute Gasteiger partial charge is 0.504 e. The Balaban J connectivity index is 2.17. The Kier molecular flexibility index (Phi) is 4.53. The van der Waals surface area contributed by atoms with Crippen molar-refractivity contribution in [1.29, 1.82) is 5.26 Å². The summed E-state index contributed by atoms with van der Waals surface area (Å²) in [4.78, 5) is 13.0. The first-order valence-electron chi connectivity index (χ1n) is 8.87. The smallest absolute Gasteiger partial charge is 0.162 e. The second-order valence-electron chi connectivity index (χ2n) is 7.70. The zero-order valence-electron chi connectivity index (χ0n) is 15.6. The fraction of sp³-hybridized carbons (Fsp3) is 0.429. The number of carbonyl (C=O) groups excluding carboxylic acids is 1. The van der Waals surface area contributed by atoms with E-state index < -0.39 is 5.92 Å². The van der Waals surface area contributed by atoms with Crippen molar-refractivity contribution in [1.82, 2.24) is 5.32 Å². The third-order valence-electron chi connectivity index (χ3n) is 4.98. The quantitative estimate of drug-likeness (QED) is 0.861. The number of aromatic hydroxyl groups is 1. The van der Waals surface area contributed by atoms with Gasteiger partial charge in [0.25, 0.3) is 0 Å². The molecule has 0 amide bonds. The van der Waals surface area contributed by atoms with Crippen molar-refractivity contribution in [2.75, 3.05) is 6.61 Å². The van der Waals surface area contributed by atoms with E-state index in [1.807, 2.05) is 13.8 Å². The minimum absolute atomic E-state index is 0.0500. The Hall–Kier alpha value is -2.74. The van der Waals surface area contributed by atoms with Crippen molar-refractivity contribution >= 4 is 5.78 Å². The summed E-state index contributed by atoms with van der Waals surface area (Å²) >= 11 is 0. The van der Waals surface area contributed by atoms with Gasteiger partial charge in [0.05, 0.1) is 24.2 Å². The van der Waals surface area contributed by atoms with Gasteiger partial charge in [0.15, 0.2) is 17.3 Å². The molecule has 0 bridgehead atoms. The number of nitrogens with one attached hydrogen (secondary N) is 1. The Labute approximate surface area is 154 Å². The van der Waals surface area contributed by atoms with E-state index in [-0.39, 0.29) is 16.9 Å². The predicted octanol–water partition coefficient (Wildman–Crippen LogP) is 3.92. The summed E-state index contributed by atoms with van der Waals surface area (Å²) in [6, 6.07) is 7.32. The summed E-state index contributed by atoms with van der Waals surface area (Å²) < 4.78 is 5.49. The van der Waals surface area contributed by atoms with E-state index in [4.69, 9.17) is 4.74 Å². The third kappa shape index (κ3) is 3.08. The SMILES string of the molecule is CCOc1cc(C2C(C#N)=C(C)NC3=C2C(=O)CC(C)(C)C3)ccc1O.